The fraction of sp³-hybridized carbons (Fsp3) is 0.238. The predicted octanol–water partition coefficient (Wildman–Crippen LogP) is 4.22. The van der Waals surface area contributed by atoms with E-state index in [1.54, 1.807) is 6.08 Å². The Hall–Kier alpha value is -3.06. The molecule has 1 amide bonds. The van der Waals surface area contributed by atoms with Gasteiger partial charge >= 0.3 is 0 Å². The number of benzene rings is 2. The van der Waals surface area contributed by atoms with E-state index in [4.69, 9.17) is 0 Å². The summed E-state index contributed by atoms with van der Waals surface area (Å²) in [6.07, 6.45) is 5.36. The standard InChI is InChI=1S/C21H21N3O/c22-16-18(15-17-7-3-1-4-8-17)21(25)23-19-9-11-20(12-10-19)24-13-5-2-6-14-24/h1,3-4,7-12,15H,2,5-6,13-14H2,(H,23,25). The summed E-state index contributed by atoms with van der Waals surface area (Å²) in [6.45, 7) is 2.17. The maximum Gasteiger partial charge on any atom is 0.266 e. The zero-order valence-corrected chi connectivity index (χ0v) is 14.1. The Morgan fingerprint density at radius 1 is 1.00 bits per heavy atom. The second kappa shape index (κ2) is 8.16. The van der Waals surface area contributed by atoms with Crippen LogP contribution in [0.25, 0.3) is 6.08 Å². The molecule has 2 aromatic carbocycles. The van der Waals surface area contributed by atoms with Crippen LogP contribution < -0.4 is 10.2 Å². The summed E-state index contributed by atoms with van der Waals surface area (Å²) in [6, 6.07) is 19.2. The third-order valence-corrected chi connectivity index (χ3v) is 4.32. The zero-order chi connectivity index (χ0) is 17.5. The Bertz CT molecular complexity index is 782. The molecule has 0 unspecified atom stereocenters. The van der Waals surface area contributed by atoms with Crippen LogP contribution in [-0.4, -0.2) is 19.0 Å². The number of nitrogens with one attached hydrogen (secondary N) is 1. The first-order valence-electron chi connectivity index (χ1n) is 8.59. The summed E-state index contributed by atoms with van der Waals surface area (Å²) in [7, 11) is 0. The number of hydrogen-bond acceptors (Lipinski definition) is 3. The van der Waals surface area contributed by atoms with Gasteiger partial charge in [0.1, 0.15) is 11.6 Å². The molecule has 0 saturated carbocycles. The number of nitrogens with zero attached hydrogens (tertiary/aromatic N) is 2. The number of carbonyl (C=O) groups excluding carboxylic acids is 1. The van der Waals surface area contributed by atoms with Gasteiger partial charge in [0.05, 0.1) is 0 Å². The Kier molecular flexibility index (Phi) is 5.48. The number of rotatable bonds is 4. The van der Waals surface area contributed by atoms with E-state index < -0.39 is 5.91 Å². The molecule has 4 nitrogen and oxygen atoms in total. The van der Waals surface area contributed by atoms with Gasteiger partial charge in [-0.15, -0.1) is 0 Å². The molecule has 0 bridgehead atoms. The topological polar surface area (TPSA) is 56.1 Å². The molecule has 1 fully saturated rings. The van der Waals surface area contributed by atoms with E-state index >= 15 is 0 Å². The predicted molar refractivity (Wildman–Crippen MR) is 101 cm³/mol. The van der Waals surface area contributed by atoms with Crippen molar-refractivity contribution in [3.63, 3.8) is 0 Å². The van der Waals surface area contributed by atoms with Crippen LogP contribution in [0.15, 0.2) is 60.2 Å². The Balaban J connectivity index is 1.67. The van der Waals surface area contributed by atoms with E-state index in [9.17, 15) is 10.1 Å². The van der Waals surface area contributed by atoms with E-state index in [1.807, 2.05) is 60.7 Å². The molecule has 25 heavy (non-hydrogen) atoms. The molecule has 126 valence electrons. The summed E-state index contributed by atoms with van der Waals surface area (Å²) in [5.74, 6) is -0.392. The monoisotopic (exact) mass is 331 g/mol. The maximum absolute atomic E-state index is 12.3. The molecular weight excluding hydrogens is 310 g/mol. The molecule has 0 spiro atoms. The minimum absolute atomic E-state index is 0.0892. The van der Waals surface area contributed by atoms with Gasteiger partial charge in [-0.05, 0) is 55.2 Å². The molecule has 0 atom stereocenters. The third-order valence-electron chi connectivity index (χ3n) is 4.32. The van der Waals surface area contributed by atoms with Crippen molar-refractivity contribution in [1.82, 2.24) is 0 Å². The van der Waals surface area contributed by atoms with Gasteiger partial charge in [-0.3, -0.25) is 4.79 Å². The average Bonchev–Trinajstić information content (AvgIpc) is 2.68. The van der Waals surface area contributed by atoms with E-state index in [2.05, 4.69) is 10.2 Å². The molecule has 3 rings (SSSR count). The smallest absolute Gasteiger partial charge is 0.266 e. The molecule has 4 heteroatoms. The Labute approximate surface area is 148 Å². The van der Waals surface area contributed by atoms with Crippen LogP contribution in [-0.2, 0) is 4.79 Å². The van der Waals surface area contributed by atoms with Gasteiger partial charge in [0.2, 0.25) is 0 Å². The summed E-state index contributed by atoms with van der Waals surface area (Å²) in [4.78, 5) is 14.7. The van der Waals surface area contributed by atoms with Crippen molar-refractivity contribution in [2.45, 2.75) is 19.3 Å². The normalized spacial score (nSPS) is 14.7. The number of carbonyl (C=O) groups is 1. The van der Waals surface area contributed by atoms with Crippen LogP contribution in [0, 0.1) is 11.3 Å². The van der Waals surface area contributed by atoms with E-state index in [-0.39, 0.29) is 5.57 Å². The lowest BCUT2D eigenvalue weighted by molar-refractivity contribution is -0.112. The molecule has 1 aliphatic rings. The largest absolute Gasteiger partial charge is 0.372 e. The average molecular weight is 331 g/mol. The molecule has 1 aliphatic heterocycles. The molecular formula is C21H21N3O. The SMILES string of the molecule is N#CC(=Cc1ccccc1)C(=O)Nc1ccc(N2CCCCC2)cc1. The Morgan fingerprint density at radius 3 is 2.32 bits per heavy atom. The number of piperidine rings is 1. The van der Waals surface area contributed by atoms with Crippen molar-refractivity contribution in [3.05, 3.63) is 65.7 Å². The zero-order valence-electron chi connectivity index (χ0n) is 14.1. The molecule has 0 radical (unpaired) electrons. The second-order valence-corrected chi connectivity index (χ2v) is 6.13. The summed E-state index contributed by atoms with van der Waals surface area (Å²) in [5.41, 5.74) is 2.79. The fourth-order valence-electron chi connectivity index (χ4n) is 2.97. The van der Waals surface area contributed by atoms with Crippen LogP contribution in [0.5, 0.6) is 0 Å². The Morgan fingerprint density at radius 2 is 1.68 bits per heavy atom. The molecule has 0 aromatic heterocycles. The van der Waals surface area contributed by atoms with E-state index in [1.165, 1.54) is 24.9 Å². The van der Waals surface area contributed by atoms with Gasteiger partial charge in [-0.25, -0.2) is 0 Å². The van der Waals surface area contributed by atoms with Crippen LogP contribution in [0.2, 0.25) is 0 Å². The molecule has 0 aliphatic carbocycles. The quantitative estimate of drug-likeness (QED) is 0.674. The second-order valence-electron chi connectivity index (χ2n) is 6.13. The number of anilines is 2. The van der Waals surface area contributed by atoms with Gasteiger partial charge in [-0.2, -0.15) is 5.26 Å². The van der Waals surface area contributed by atoms with Crippen LogP contribution in [0.1, 0.15) is 24.8 Å². The van der Waals surface area contributed by atoms with Crippen molar-refractivity contribution in [2.75, 3.05) is 23.3 Å². The van der Waals surface area contributed by atoms with Crippen LogP contribution >= 0.6 is 0 Å². The summed E-state index contributed by atoms with van der Waals surface area (Å²) >= 11 is 0. The van der Waals surface area contributed by atoms with E-state index in [0.717, 1.165) is 18.7 Å². The molecule has 1 heterocycles. The van der Waals surface area contributed by atoms with Gasteiger partial charge < -0.3 is 10.2 Å². The van der Waals surface area contributed by atoms with Crippen molar-refractivity contribution in [1.29, 1.82) is 5.26 Å². The number of hydrogen-bond donors (Lipinski definition) is 1. The van der Waals surface area contributed by atoms with Crippen molar-refractivity contribution in [2.24, 2.45) is 0 Å². The molecule has 1 N–H and O–H groups in total. The van der Waals surface area contributed by atoms with Crippen molar-refractivity contribution in [3.8, 4) is 6.07 Å². The first kappa shape index (κ1) is 16.8. The van der Waals surface area contributed by atoms with Gasteiger partial charge in [0.25, 0.3) is 5.91 Å². The maximum atomic E-state index is 12.3. The van der Waals surface area contributed by atoms with E-state index in [0.29, 0.717) is 5.69 Å². The highest BCUT2D eigenvalue weighted by Gasteiger charge is 2.12. The lowest BCUT2D eigenvalue weighted by atomic mass is 10.1. The van der Waals surface area contributed by atoms with Gasteiger partial charge in [0.15, 0.2) is 0 Å². The third kappa shape index (κ3) is 4.48. The lowest BCUT2D eigenvalue weighted by Crippen LogP contribution is -2.29. The first-order chi connectivity index (χ1) is 12.3. The molecule has 1 saturated heterocycles. The van der Waals surface area contributed by atoms with Crippen molar-refractivity contribution < 1.29 is 4.79 Å². The lowest BCUT2D eigenvalue weighted by Gasteiger charge is -2.28. The fourth-order valence-corrected chi connectivity index (χ4v) is 2.97. The number of amides is 1. The highest BCUT2D eigenvalue weighted by Crippen LogP contribution is 2.22. The van der Waals surface area contributed by atoms with Gasteiger partial charge in [-0.1, -0.05) is 30.3 Å². The minimum Gasteiger partial charge on any atom is -0.372 e. The summed E-state index contributed by atoms with van der Waals surface area (Å²) in [5, 5.41) is 12.1. The van der Waals surface area contributed by atoms with Crippen LogP contribution in [0.4, 0.5) is 11.4 Å². The molecule has 2 aromatic rings. The first-order valence-corrected chi connectivity index (χ1v) is 8.59. The van der Waals surface area contributed by atoms with Crippen molar-refractivity contribution >= 4 is 23.4 Å². The highest BCUT2D eigenvalue weighted by atomic mass is 16.1. The summed E-state index contributed by atoms with van der Waals surface area (Å²) < 4.78 is 0. The van der Waals surface area contributed by atoms with Crippen LogP contribution in [0.3, 0.4) is 0 Å². The minimum atomic E-state index is -0.392. The van der Waals surface area contributed by atoms with Gasteiger partial charge in [0, 0.05) is 24.5 Å². The number of nitriles is 1. The highest BCUT2D eigenvalue weighted by molar-refractivity contribution is 6.09.